The van der Waals surface area contributed by atoms with Crippen LogP contribution < -0.4 is 11.5 Å². The van der Waals surface area contributed by atoms with Gasteiger partial charge in [-0.05, 0) is 24.3 Å². The predicted molar refractivity (Wildman–Crippen MR) is 89.4 cm³/mol. The third-order valence-electron chi connectivity index (χ3n) is 3.07. The third kappa shape index (κ3) is 3.12. The zero-order valence-electron chi connectivity index (χ0n) is 11.4. The highest BCUT2D eigenvalue weighted by atomic mass is 35.5. The van der Waals surface area contributed by atoms with Crippen LogP contribution in [0.4, 0.5) is 0 Å². The number of rotatable bonds is 5. The lowest BCUT2D eigenvalue weighted by molar-refractivity contribution is -0.118. The Morgan fingerprint density at radius 1 is 1.41 bits per heavy atom. The molecule has 4 N–H and O–H groups in total. The number of primary amides is 1. The molecular weight excluding hydrogens is 340 g/mol. The molecule has 2 aromatic heterocycles. The van der Waals surface area contributed by atoms with Crippen molar-refractivity contribution >= 4 is 45.6 Å². The number of nitrogens with two attached hydrogens (primary N) is 2. The first-order chi connectivity index (χ1) is 10.5. The molecule has 114 valence electrons. The number of halogens is 1. The fourth-order valence-corrected chi connectivity index (χ4v) is 4.01. The first kappa shape index (κ1) is 15.4. The molecule has 0 bridgehead atoms. The number of hydrogen-bond acceptors (Lipinski definition) is 5. The quantitative estimate of drug-likeness (QED) is 0.738. The number of hydrogen-bond donors (Lipinski definition) is 2. The second kappa shape index (κ2) is 6.29. The lowest BCUT2D eigenvalue weighted by Gasteiger charge is -2.11. The van der Waals surface area contributed by atoms with Gasteiger partial charge in [-0.15, -0.1) is 11.3 Å². The lowest BCUT2D eigenvalue weighted by atomic mass is 10.1. The number of carbonyl (C=O) groups excluding carboxylic acids is 1. The van der Waals surface area contributed by atoms with Gasteiger partial charge in [-0.25, -0.2) is 4.98 Å². The highest BCUT2D eigenvalue weighted by Crippen LogP contribution is 2.35. The van der Waals surface area contributed by atoms with Crippen molar-refractivity contribution in [1.82, 2.24) is 9.38 Å². The minimum Gasteiger partial charge on any atom is -0.370 e. The maximum absolute atomic E-state index is 11.2. The predicted octanol–water partition coefficient (Wildman–Crippen LogP) is 3.08. The number of benzene rings is 1. The molecule has 5 nitrogen and oxygen atoms in total. The summed E-state index contributed by atoms with van der Waals surface area (Å²) in [6, 6.07) is 7.00. The van der Waals surface area contributed by atoms with E-state index in [1.165, 1.54) is 23.1 Å². The second-order valence-electron chi connectivity index (χ2n) is 4.69. The van der Waals surface area contributed by atoms with Crippen molar-refractivity contribution in [3.05, 3.63) is 46.6 Å². The summed E-state index contributed by atoms with van der Waals surface area (Å²) in [7, 11) is 0. The smallest absolute Gasteiger partial charge is 0.219 e. The van der Waals surface area contributed by atoms with Crippen molar-refractivity contribution in [2.45, 2.75) is 22.4 Å². The van der Waals surface area contributed by atoms with E-state index < -0.39 is 11.9 Å². The number of imidazole rings is 1. The minimum absolute atomic E-state index is 0.0812. The summed E-state index contributed by atoms with van der Waals surface area (Å²) >= 11 is 8.91. The molecule has 3 aromatic rings. The van der Waals surface area contributed by atoms with E-state index in [1.54, 1.807) is 0 Å². The Bertz CT molecular complexity index is 812. The van der Waals surface area contributed by atoms with Crippen molar-refractivity contribution in [2.75, 3.05) is 0 Å². The Morgan fingerprint density at radius 3 is 2.82 bits per heavy atom. The van der Waals surface area contributed by atoms with Gasteiger partial charge in [-0.2, -0.15) is 0 Å². The highest BCUT2D eigenvalue weighted by molar-refractivity contribution is 7.99. The van der Waals surface area contributed by atoms with Gasteiger partial charge in [0.2, 0.25) is 5.91 Å². The van der Waals surface area contributed by atoms with Gasteiger partial charge >= 0.3 is 0 Å². The molecule has 0 spiro atoms. The number of nitrogens with zero attached hydrogens (tertiary/aromatic N) is 2. The molecule has 0 aliphatic heterocycles. The Hall–Kier alpha value is -1.54. The molecule has 2 heterocycles. The second-order valence-corrected chi connectivity index (χ2v) is 7.06. The van der Waals surface area contributed by atoms with E-state index in [-0.39, 0.29) is 6.42 Å². The number of amides is 1. The first-order valence-corrected chi connectivity index (χ1v) is 8.55. The Morgan fingerprint density at radius 2 is 2.14 bits per heavy atom. The monoisotopic (exact) mass is 352 g/mol. The van der Waals surface area contributed by atoms with Crippen LogP contribution in [0.1, 0.15) is 18.2 Å². The van der Waals surface area contributed by atoms with Crippen LogP contribution in [0.3, 0.4) is 0 Å². The number of carbonyl (C=O) groups is 1. The molecule has 1 unspecified atom stereocenters. The summed E-state index contributed by atoms with van der Waals surface area (Å²) in [6.07, 6.45) is 1.98. The van der Waals surface area contributed by atoms with Gasteiger partial charge in [0, 0.05) is 27.9 Å². The minimum atomic E-state index is -0.489. The van der Waals surface area contributed by atoms with Gasteiger partial charge in [0.05, 0.1) is 11.7 Å². The fraction of sp³-hybridized carbons (Fsp3) is 0.143. The molecular formula is C14H13ClN4OS2. The molecule has 1 aromatic carbocycles. The summed E-state index contributed by atoms with van der Waals surface area (Å²) in [4.78, 5) is 17.6. The van der Waals surface area contributed by atoms with Crippen LogP contribution in [0.25, 0.3) is 4.96 Å². The van der Waals surface area contributed by atoms with E-state index in [0.717, 1.165) is 20.6 Å². The van der Waals surface area contributed by atoms with Crippen LogP contribution in [0, 0.1) is 0 Å². The van der Waals surface area contributed by atoms with Crippen molar-refractivity contribution < 1.29 is 4.79 Å². The molecule has 1 amide bonds. The topological polar surface area (TPSA) is 86.4 Å². The van der Waals surface area contributed by atoms with Crippen molar-refractivity contribution in [1.29, 1.82) is 0 Å². The van der Waals surface area contributed by atoms with Gasteiger partial charge < -0.3 is 11.5 Å². The Kier molecular flexibility index (Phi) is 4.39. The number of thiazole rings is 1. The van der Waals surface area contributed by atoms with Gasteiger partial charge in [-0.1, -0.05) is 23.4 Å². The van der Waals surface area contributed by atoms with Crippen LogP contribution in [-0.4, -0.2) is 15.3 Å². The SMILES string of the molecule is NC(=O)CC(N)c1c(Sc2ccc(Cl)cc2)nc2sccn12. The number of fused-ring (bicyclic) bond motifs is 1. The van der Waals surface area contributed by atoms with Gasteiger partial charge in [0.25, 0.3) is 0 Å². The van der Waals surface area contributed by atoms with E-state index in [2.05, 4.69) is 4.98 Å². The zero-order chi connectivity index (χ0) is 15.7. The third-order valence-corrected chi connectivity index (χ3v) is 5.08. The van der Waals surface area contributed by atoms with Crippen molar-refractivity contribution in [3.63, 3.8) is 0 Å². The summed E-state index contributed by atoms with van der Waals surface area (Å²) in [5.74, 6) is -0.430. The molecule has 0 fully saturated rings. The van der Waals surface area contributed by atoms with Gasteiger partial charge in [0.15, 0.2) is 4.96 Å². The van der Waals surface area contributed by atoms with Crippen LogP contribution in [-0.2, 0) is 4.79 Å². The van der Waals surface area contributed by atoms with E-state index in [1.807, 2.05) is 40.2 Å². The lowest BCUT2D eigenvalue weighted by Crippen LogP contribution is -2.22. The highest BCUT2D eigenvalue weighted by Gasteiger charge is 2.21. The van der Waals surface area contributed by atoms with Crippen molar-refractivity contribution in [3.8, 4) is 0 Å². The summed E-state index contributed by atoms with van der Waals surface area (Å²) in [6.45, 7) is 0. The van der Waals surface area contributed by atoms with Crippen LogP contribution in [0.5, 0.6) is 0 Å². The summed E-state index contributed by atoms with van der Waals surface area (Å²) in [5, 5.41) is 3.39. The first-order valence-electron chi connectivity index (χ1n) is 6.47. The largest absolute Gasteiger partial charge is 0.370 e. The molecule has 0 aliphatic carbocycles. The van der Waals surface area contributed by atoms with Crippen molar-refractivity contribution in [2.24, 2.45) is 11.5 Å². The van der Waals surface area contributed by atoms with Crippen LogP contribution in [0.2, 0.25) is 5.02 Å². The molecule has 1 atom stereocenters. The van der Waals surface area contributed by atoms with E-state index >= 15 is 0 Å². The molecule has 0 aliphatic rings. The molecule has 0 saturated heterocycles. The zero-order valence-corrected chi connectivity index (χ0v) is 13.8. The Balaban J connectivity index is 1.99. The molecule has 22 heavy (non-hydrogen) atoms. The van der Waals surface area contributed by atoms with Crippen LogP contribution in [0.15, 0.2) is 45.8 Å². The molecule has 0 saturated carbocycles. The van der Waals surface area contributed by atoms with E-state index in [0.29, 0.717) is 5.02 Å². The molecule has 0 radical (unpaired) electrons. The maximum Gasteiger partial charge on any atom is 0.219 e. The summed E-state index contributed by atoms with van der Waals surface area (Å²) < 4.78 is 1.91. The Labute approximate surface area is 140 Å². The normalized spacial score (nSPS) is 12.6. The molecule has 3 rings (SSSR count). The van der Waals surface area contributed by atoms with Gasteiger partial charge in [-0.3, -0.25) is 9.20 Å². The maximum atomic E-state index is 11.2. The van der Waals surface area contributed by atoms with E-state index in [9.17, 15) is 4.79 Å². The standard InChI is InChI=1S/C14H13ClN4OS2/c15-8-1-3-9(4-2-8)22-13-12(10(16)7-11(17)20)19-5-6-21-14(19)18-13/h1-6,10H,7,16H2,(H2,17,20). The summed E-state index contributed by atoms with van der Waals surface area (Å²) in [5.41, 5.74) is 12.2. The number of aromatic nitrogens is 2. The molecule has 8 heteroatoms. The average molecular weight is 353 g/mol. The van der Waals surface area contributed by atoms with E-state index in [4.69, 9.17) is 23.1 Å². The fourth-order valence-electron chi connectivity index (χ4n) is 2.12. The average Bonchev–Trinajstić information content (AvgIpc) is 3.00. The van der Waals surface area contributed by atoms with Crippen LogP contribution >= 0.6 is 34.7 Å². The van der Waals surface area contributed by atoms with Gasteiger partial charge in [0.1, 0.15) is 5.03 Å².